The molecule has 0 aromatic rings. The van der Waals surface area contributed by atoms with E-state index in [2.05, 4.69) is 19.2 Å². The number of unbranched alkanes of at least 4 members (excludes halogenated alkanes) is 24. The van der Waals surface area contributed by atoms with Gasteiger partial charge in [-0.15, -0.1) is 0 Å². The Balaban J connectivity index is 4.08. The van der Waals surface area contributed by atoms with Crippen molar-refractivity contribution in [3.8, 4) is 0 Å². The minimum absolute atomic E-state index is 0.00628. The summed E-state index contributed by atoms with van der Waals surface area (Å²) in [7, 11) is 1.53. The quantitative estimate of drug-likeness (QED) is 0.0371. The minimum Gasteiger partial charge on any atom is -0.394 e. The number of methoxy groups -OCH3 is 1. The van der Waals surface area contributed by atoms with Gasteiger partial charge in [-0.2, -0.15) is 0 Å². The highest BCUT2D eigenvalue weighted by atomic mass is 16.7. The lowest BCUT2D eigenvalue weighted by atomic mass is 10.0. The van der Waals surface area contributed by atoms with E-state index in [4.69, 9.17) is 9.47 Å². The monoisotopic (exact) mass is 626 g/mol. The SMILES string of the molecule is CCCCCCCCCCCCCC/C=C/[C@H](OCOC)C(=O)N[C@@H](CO)[C@H](O)CCCCCCCCCCCCCCC. The van der Waals surface area contributed by atoms with Crippen molar-refractivity contribution < 1.29 is 24.5 Å². The molecule has 0 aromatic carbocycles. The van der Waals surface area contributed by atoms with Gasteiger partial charge >= 0.3 is 0 Å². The maximum atomic E-state index is 12.9. The highest BCUT2D eigenvalue weighted by Gasteiger charge is 2.24. The number of aliphatic hydroxyl groups is 2. The van der Waals surface area contributed by atoms with Crippen molar-refractivity contribution in [2.24, 2.45) is 0 Å². The van der Waals surface area contributed by atoms with Crippen molar-refractivity contribution in [1.29, 1.82) is 0 Å². The first-order valence-electron chi connectivity index (χ1n) is 19.0. The summed E-state index contributed by atoms with van der Waals surface area (Å²) in [5.41, 5.74) is 0. The fourth-order valence-corrected chi connectivity index (χ4v) is 5.78. The average molecular weight is 626 g/mol. The summed E-state index contributed by atoms with van der Waals surface area (Å²) in [5, 5.41) is 23.3. The molecule has 0 aromatic heterocycles. The zero-order valence-corrected chi connectivity index (χ0v) is 29.5. The van der Waals surface area contributed by atoms with Gasteiger partial charge in [0.25, 0.3) is 5.91 Å². The molecule has 3 atom stereocenters. The summed E-state index contributed by atoms with van der Waals surface area (Å²) in [4.78, 5) is 12.9. The molecule has 0 radical (unpaired) electrons. The van der Waals surface area contributed by atoms with Crippen molar-refractivity contribution in [2.45, 2.75) is 205 Å². The Morgan fingerprint density at radius 2 is 1.07 bits per heavy atom. The lowest BCUT2D eigenvalue weighted by Crippen LogP contribution is -2.49. The van der Waals surface area contributed by atoms with Crippen molar-refractivity contribution in [2.75, 3.05) is 20.5 Å². The third-order valence-electron chi connectivity index (χ3n) is 8.75. The van der Waals surface area contributed by atoms with Crippen LogP contribution in [0.4, 0.5) is 0 Å². The molecule has 0 aliphatic rings. The molecule has 0 saturated heterocycles. The molecule has 0 aliphatic carbocycles. The van der Waals surface area contributed by atoms with Gasteiger partial charge in [-0.1, -0.05) is 180 Å². The Hall–Kier alpha value is -0.950. The molecule has 6 heteroatoms. The number of carbonyl (C=O) groups is 1. The number of hydrogen-bond donors (Lipinski definition) is 3. The van der Waals surface area contributed by atoms with Gasteiger partial charge in [0.2, 0.25) is 0 Å². The molecule has 3 N–H and O–H groups in total. The minimum atomic E-state index is -0.801. The highest BCUT2D eigenvalue weighted by Crippen LogP contribution is 2.15. The molecule has 262 valence electrons. The summed E-state index contributed by atoms with van der Waals surface area (Å²) >= 11 is 0. The Labute approximate surface area is 273 Å². The highest BCUT2D eigenvalue weighted by molar-refractivity contribution is 5.83. The molecule has 44 heavy (non-hydrogen) atoms. The first-order valence-corrected chi connectivity index (χ1v) is 19.0. The zero-order valence-electron chi connectivity index (χ0n) is 29.5. The van der Waals surface area contributed by atoms with Crippen LogP contribution in [-0.2, 0) is 14.3 Å². The van der Waals surface area contributed by atoms with E-state index in [1.54, 1.807) is 6.08 Å². The summed E-state index contributed by atoms with van der Waals surface area (Å²) in [6.07, 6.45) is 36.1. The molecule has 0 unspecified atom stereocenters. The summed E-state index contributed by atoms with van der Waals surface area (Å²) in [6.45, 7) is 4.23. The number of amides is 1. The van der Waals surface area contributed by atoms with Crippen molar-refractivity contribution in [3.63, 3.8) is 0 Å². The van der Waals surface area contributed by atoms with E-state index in [0.717, 1.165) is 25.7 Å². The van der Waals surface area contributed by atoms with Crippen molar-refractivity contribution in [3.05, 3.63) is 12.2 Å². The molecule has 0 aliphatic heterocycles. The van der Waals surface area contributed by atoms with E-state index >= 15 is 0 Å². The van der Waals surface area contributed by atoms with Crippen LogP contribution >= 0.6 is 0 Å². The number of allylic oxidation sites excluding steroid dienone is 1. The molecule has 0 rings (SSSR count). The summed E-state index contributed by atoms with van der Waals surface area (Å²) in [6, 6.07) is -0.696. The topological polar surface area (TPSA) is 88.0 Å². The predicted octanol–water partition coefficient (Wildman–Crippen LogP) is 9.94. The van der Waals surface area contributed by atoms with E-state index in [1.165, 1.54) is 148 Å². The fraction of sp³-hybridized carbons (Fsp3) is 0.921. The lowest BCUT2D eigenvalue weighted by molar-refractivity contribution is -0.139. The molecule has 0 bridgehead atoms. The van der Waals surface area contributed by atoms with E-state index in [9.17, 15) is 15.0 Å². The maximum absolute atomic E-state index is 12.9. The van der Waals surface area contributed by atoms with Crippen LogP contribution in [0.3, 0.4) is 0 Å². The molecular formula is C38H75NO5. The van der Waals surface area contributed by atoms with Gasteiger partial charge in [-0.25, -0.2) is 0 Å². The number of ether oxygens (including phenoxy) is 2. The van der Waals surface area contributed by atoms with Crippen LogP contribution < -0.4 is 5.32 Å². The van der Waals surface area contributed by atoms with E-state index in [0.29, 0.717) is 6.42 Å². The molecular weight excluding hydrogens is 550 g/mol. The number of carbonyl (C=O) groups excluding carboxylic acids is 1. The molecule has 0 heterocycles. The van der Waals surface area contributed by atoms with Crippen LogP contribution in [0, 0.1) is 0 Å². The zero-order chi connectivity index (χ0) is 32.4. The van der Waals surface area contributed by atoms with Gasteiger partial charge in [0, 0.05) is 7.11 Å². The van der Waals surface area contributed by atoms with E-state index in [-0.39, 0.29) is 19.3 Å². The first kappa shape index (κ1) is 43.0. The smallest absolute Gasteiger partial charge is 0.253 e. The number of rotatable bonds is 35. The standard InChI is InChI=1S/C38H75NO5/c1-4-6-8-10-12-14-16-18-20-22-24-26-28-30-32-37(44-34-43-3)38(42)39-35(33-40)36(41)31-29-27-25-23-21-19-17-15-13-11-9-7-5-2/h30,32,35-37,40-41H,4-29,31,33-34H2,1-3H3,(H,39,42)/b32-30+/t35-,36+,37-/m0/s1. The number of hydrogen-bond acceptors (Lipinski definition) is 5. The molecule has 0 fully saturated rings. The Bertz CT molecular complexity index is 614. The van der Waals surface area contributed by atoms with Crippen molar-refractivity contribution >= 4 is 5.91 Å². The molecule has 0 spiro atoms. The van der Waals surface area contributed by atoms with Crippen LogP contribution in [0.1, 0.15) is 187 Å². The van der Waals surface area contributed by atoms with Gasteiger partial charge in [-0.3, -0.25) is 4.79 Å². The normalized spacial score (nSPS) is 13.8. The predicted molar refractivity (Wildman–Crippen MR) is 187 cm³/mol. The molecule has 0 saturated carbocycles. The van der Waals surface area contributed by atoms with Gasteiger partial charge in [-0.05, 0) is 19.3 Å². The Morgan fingerprint density at radius 3 is 1.48 bits per heavy atom. The van der Waals surface area contributed by atoms with Gasteiger partial charge in [0.05, 0.1) is 18.8 Å². The second-order valence-electron chi connectivity index (χ2n) is 13.0. The van der Waals surface area contributed by atoms with Gasteiger partial charge in [0.15, 0.2) is 6.10 Å². The average Bonchev–Trinajstić information content (AvgIpc) is 3.03. The third-order valence-corrected chi connectivity index (χ3v) is 8.75. The molecule has 6 nitrogen and oxygen atoms in total. The maximum Gasteiger partial charge on any atom is 0.253 e. The van der Waals surface area contributed by atoms with Crippen LogP contribution in [0.15, 0.2) is 12.2 Å². The third kappa shape index (κ3) is 28.5. The van der Waals surface area contributed by atoms with Crippen LogP contribution in [0.5, 0.6) is 0 Å². The van der Waals surface area contributed by atoms with E-state index in [1.807, 2.05) is 6.08 Å². The number of nitrogens with one attached hydrogen (secondary N) is 1. The summed E-state index contributed by atoms with van der Waals surface area (Å²) < 4.78 is 10.6. The van der Waals surface area contributed by atoms with E-state index < -0.39 is 18.2 Å². The fourth-order valence-electron chi connectivity index (χ4n) is 5.78. The van der Waals surface area contributed by atoms with Crippen LogP contribution in [0.25, 0.3) is 0 Å². The first-order chi connectivity index (χ1) is 21.6. The largest absolute Gasteiger partial charge is 0.394 e. The van der Waals surface area contributed by atoms with Crippen LogP contribution in [0.2, 0.25) is 0 Å². The number of aliphatic hydroxyl groups excluding tert-OH is 2. The van der Waals surface area contributed by atoms with Gasteiger partial charge < -0.3 is 25.0 Å². The van der Waals surface area contributed by atoms with Crippen LogP contribution in [-0.4, -0.2) is 54.9 Å². The Kier molecular flexibility index (Phi) is 34.2. The second kappa shape index (κ2) is 34.9. The van der Waals surface area contributed by atoms with Crippen molar-refractivity contribution in [1.82, 2.24) is 5.32 Å². The molecule has 1 amide bonds. The summed E-state index contributed by atoms with van der Waals surface area (Å²) in [5.74, 6) is -0.351. The Morgan fingerprint density at radius 1 is 0.659 bits per heavy atom. The van der Waals surface area contributed by atoms with Gasteiger partial charge in [0.1, 0.15) is 6.79 Å². The lowest BCUT2D eigenvalue weighted by Gasteiger charge is -2.24. The second-order valence-corrected chi connectivity index (χ2v) is 13.0.